The van der Waals surface area contributed by atoms with Gasteiger partial charge in [0.15, 0.2) is 0 Å². The van der Waals surface area contributed by atoms with Gasteiger partial charge in [0.05, 0.1) is 6.42 Å². The lowest BCUT2D eigenvalue weighted by atomic mass is 9.88. The third-order valence-electron chi connectivity index (χ3n) is 3.46. The molecule has 20 heavy (non-hydrogen) atoms. The van der Waals surface area contributed by atoms with Crippen molar-refractivity contribution in [2.45, 2.75) is 58.1 Å². The maximum atomic E-state index is 12.2. The first kappa shape index (κ1) is 16.8. The van der Waals surface area contributed by atoms with Crippen LogP contribution in [0.3, 0.4) is 0 Å². The summed E-state index contributed by atoms with van der Waals surface area (Å²) in [5.74, 6) is -1.10. The van der Waals surface area contributed by atoms with Crippen molar-refractivity contribution in [2.24, 2.45) is 11.7 Å². The van der Waals surface area contributed by atoms with Gasteiger partial charge in [-0.05, 0) is 46.6 Å². The summed E-state index contributed by atoms with van der Waals surface area (Å²) in [5.41, 5.74) is 5.15. The predicted molar refractivity (Wildman–Crippen MR) is 75.4 cm³/mol. The number of nitrogens with zero attached hydrogens (tertiary/aromatic N) is 1. The molecule has 0 aromatic rings. The molecular formula is C14H26N2O4. The Bertz CT molecular complexity index is 352. The maximum absolute atomic E-state index is 12.2. The highest BCUT2D eigenvalue weighted by Crippen LogP contribution is 2.26. The number of carbonyl (C=O) groups is 2. The minimum Gasteiger partial charge on any atom is -0.481 e. The SMILES string of the molecule is CC(C)(C)OC(=O)N1CCCCC1C(CN)CC(=O)O. The van der Waals surface area contributed by atoms with E-state index in [1.807, 2.05) is 20.8 Å². The van der Waals surface area contributed by atoms with Gasteiger partial charge in [-0.3, -0.25) is 4.79 Å². The first-order valence-corrected chi connectivity index (χ1v) is 7.16. The summed E-state index contributed by atoms with van der Waals surface area (Å²) < 4.78 is 5.41. The number of hydrogen-bond donors (Lipinski definition) is 2. The van der Waals surface area contributed by atoms with Gasteiger partial charge in [-0.25, -0.2) is 4.79 Å². The molecule has 0 spiro atoms. The minimum atomic E-state index is -0.879. The van der Waals surface area contributed by atoms with Crippen LogP contribution in [0.1, 0.15) is 46.5 Å². The number of ether oxygens (including phenoxy) is 1. The molecule has 0 aromatic carbocycles. The molecule has 1 saturated heterocycles. The number of carbonyl (C=O) groups excluding carboxylic acids is 1. The number of hydrogen-bond acceptors (Lipinski definition) is 4. The van der Waals surface area contributed by atoms with Crippen LogP contribution in [0.25, 0.3) is 0 Å². The molecule has 1 amide bonds. The van der Waals surface area contributed by atoms with Gasteiger partial charge in [-0.15, -0.1) is 0 Å². The molecule has 0 bridgehead atoms. The molecule has 0 radical (unpaired) electrons. The summed E-state index contributed by atoms with van der Waals surface area (Å²) in [7, 11) is 0. The van der Waals surface area contributed by atoms with Crippen LogP contribution in [-0.2, 0) is 9.53 Å². The monoisotopic (exact) mass is 286 g/mol. The van der Waals surface area contributed by atoms with Crippen molar-refractivity contribution in [1.82, 2.24) is 4.90 Å². The number of amides is 1. The number of aliphatic carboxylic acids is 1. The van der Waals surface area contributed by atoms with Crippen LogP contribution in [0.2, 0.25) is 0 Å². The maximum Gasteiger partial charge on any atom is 0.410 e. The van der Waals surface area contributed by atoms with E-state index in [1.165, 1.54) is 0 Å². The normalized spacial score (nSPS) is 21.4. The minimum absolute atomic E-state index is 0.0134. The van der Waals surface area contributed by atoms with Crippen molar-refractivity contribution < 1.29 is 19.4 Å². The van der Waals surface area contributed by atoms with Crippen LogP contribution in [-0.4, -0.2) is 46.8 Å². The smallest absolute Gasteiger partial charge is 0.410 e. The Morgan fingerprint density at radius 1 is 1.40 bits per heavy atom. The zero-order valence-electron chi connectivity index (χ0n) is 12.6. The Morgan fingerprint density at radius 2 is 2.05 bits per heavy atom. The van der Waals surface area contributed by atoms with E-state index in [0.29, 0.717) is 6.54 Å². The fourth-order valence-electron chi connectivity index (χ4n) is 2.60. The molecule has 1 rings (SSSR count). The summed E-state index contributed by atoms with van der Waals surface area (Å²) in [6.07, 6.45) is 2.31. The first-order valence-electron chi connectivity index (χ1n) is 7.16. The Labute approximate surface area is 120 Å². The summed E-state index contributed by atoms with van der Waals surface area (Å²) in [6, 6.07) is -0.139. The lowest BCUT2D eigenvalue weighted by Crippen LogP contribution is -2.51. The summed E-state index contributed by atoms with van der Waals surface area (Å²) in [4.78, 5) is 24.8. The van der Waals surface area contributed by atoms with Gasteiger partial charge in [0, 0.05) is 18.5 Å². The van der Waals surface area contributed by atoms with Crippen molar-refractivity contribution >= 4 is 12.1 Å². The highest BCUT2D eigenvalue weighted by Gasteiger charge is 2.35. The van der Waals surface area contributed by atoms with Crippen molar-refractivity contribution in [3.8, 4) is 0 Å². The van der Waals surface area contributed by atoms with E-state index < -0.39 is 11.6 Å². The second kappa shape index (κ2) is 6.92. The fraction of sp³-hybridized carbons (Fsp3) is 0.857. The predicted octanol–water partition coefficient (Wildman–Crippen LogP) is 1.83. The van der Waals surface area contributed by atoms with Gasteiger partial charge >= 0.3 is 12.1 Å². The molecule has 1 heterocycles. The zero-order valence-corrected chi connectivity index (χ0v) is 12.6. The summed E-state index contributed by atoms with van der Waals surface area (Å²) in [6.45, 7) is 6.33. The zero-order chi connectivity index (χ0) is 15.3. The largest absolute Gasteiger partial charge is 0.481 e. The van der Waals surface area contributed by atoms with Crippen molar-refractivity contribution in [2.75, 3.05) is 13.1 Å². The van der Waals surface area contributed by atoms with E-state index in [-0.39, 0.29) is 31.0 Å². The van der Waals surface area contributed by atoms with Crippen molar-refractivity contribution in [3.05, 3.63) is 0 Å². The number of rotatable bonds is 4. The highest BCUT2D eigenvalue weighted by atomic mass is 16.6. The van der Waals surface area contributed by atoms with E-state index in [9.17, 15) is 9.59 Å². The molecule has 0 aromatic heterocycles. The number of nitrogens with two attached hydrogens (primary N) is 1. The molecule has 6 heteroatoms. The fourth-order valence-corrected chi connectivity index (χ4v) is 2.60. The number of likely N-dealkylation sites (tertiary alicyclic amines) is 1. The lowest BCUT2D eigenvalue weighted by Gasteiger charge is -2.40. The van der Waals surface area contributed by atoms with E-state index in [0.717, 1.165) is 19.3 Å². The second-order valence-corrected chi connectivity index (χ2v) is 6.33. The van der Waals surface area contributed by atoms with Gasteiger partial charge in [0.2, 0.25) is 0 Å². The quantitative estimate of drug-likeness (QED) is 0.822. The lowest BCUT2D eigenvalue weighted by molar-refractivity contribution is -0.138. The number of piperidine rings is 1. The third-order valence-corrected chi connectivity index (χ3v) is 3.46. The molecule has 2 unspecified atom stereocenters. The van der Waals surface area contributed by atoms with E-state index >= 15 is 0 Å². The highest BCUT2D eigenvalue weighted by molar-refractivity contribution is 5.70. The average molecular weight is 286 g/mol. The van der Waals surface area contributed by atoms with Gasteiger partial charge in [0.25, 0.3) is 0 Å². The van der Waals surface area contributed by atoms with Crippen LogP contribution in [0, 0.1) is 5.92 Å². The standard InChI is InChI=1S/C14H26N2O4/c1-14(2,3)20-13(19)16-7-5-4-6-11(16)10(9-15)8-12(17)18/h10-11H,4-9,15H2,1-3H3,(H,17,18). The molecule has 3 N–H and O–H groups in total. The molecular weight excluding hydrogens is 260 g/mol. The summed E-state index contributed by atoms with van der Waals surface area (Å²) in [5, 5.41) is 8.97. The van der Waals surface area contributed by atoms with Crippen LogP contribution in [0.4, 0.5) is 4.79 Å². The molecule has 6 nitrogen and oxygen atoms in total. The number of carboxylic acids is 1. The molecule has 1 fully saturated rings. The first-order chi connectivity index (χ1) is 9.24. The van der Waals surface area contributed by atoms with Crippen molar-refractivity contribution in [3.63, 3.8) is 0 Å². The molecule has 1 aliphatic rings. The average Bonchev–Trinajstić information content (AvgIpc) is 2.33. The number of carboxylic acid groups (broad SMARTS) is 1. The van der Waals surface area contributed by atoms with Crippen LogP contribution in [0.15, 0.2) is 0 Å². The van der Waals surface area contributed by atoms with Crippen molar-refractivity contribution in [1.29, 1.82) is 0 Å². The van der Waals surface area contributed by atoms with E-state index in [4.69, 9.17) is 15.6 Å². The van der Waals surface area contributed by atoms with Crippen LogP contribution >= 0.6 is 0 Å². The second-order valence-electron chi connectivity index (χ2n) is 6.33. The van der Waals surface area contributed by atoms with Gasteiger partial charge < -0.3 is 20.5 Å². The van der Waals surface area contributed by atoms with Crippen LogP contribution < -0.4 is 5.73 Å². The Hall–Kier alpha value is -1.30. The van der Waals surface area contributed by atoms with Gasteiger partial charge in [-0.2, -0.15) is 0 Å². The van der Waals surface area contributed by atoms with Gasteiger partial charge in [-0.1, -0.05) is 0 Å². The Morgan fingerprint density at radius 3 is 2.55 bits per heavy atom. The topological polar surface area (TPSA) is 92.9 Å². The van der Waals surface area contributed by atoms with E-state index in [1.54, 1.807) is 4.90 Å². The molecule has 1 aliphatic heterocycles. The van der Waals surface area contributed by atoms with E-state index in [2.05, 4.69) is 0 Å². The summed E-state index contributed by atoms with van der Waals surface area (Å²) >= 11 is 0. The van der Waals surface area contributed by atoms with Gasteiger partial charge in [0.1, 0.15) is 5.60 Å². The Balaban J connectivity index is 2.79. The molecule has 2 atom stereocenters. The Kier molecular flexibility index (Phi) is 5.80. The molecule has 0 aliphatic carbocycles. The third kappa shape index (κ3) is 5.00. The van der Waals surface area contributed by atoms with Crippen LogP contribution in [0.5, 0.6) is 0 Å². The molecule has 0 saturated carbocycles. The molecule has 116 valence electrons.